The van der Waals surface area contributed by atoms with Crippen molar-refractivity contribution in [2.75, 3.05) is 19.6 Å². The van der Waals surface area contributed by atoms with Crippen LogP contribution < -0.4 is 19.6 Å². The van der Waals surface area contributed by atoms with Gasteiger partial charge in [0.25, 0.3) is 0 Å². The van der Waals surface area contributed by atoms with Gasteiger partial charge in [-0.05, 0) is 207 Å². The molecule has 14 aromatic carbocycles. The zero-order chi connectivity index (χ0) is 62.8. The summed E-state index contributed by atoms with van der Waals surface area (Å²) in [7, 11) is 0. The molecule has 0 bridgehead atoms. The Balaban J connectivity index is 0.626. The fourth-order valence-corrected chi connectivity index (χ4v) is 12.9. The van der Waals surface area contributed by atoms with Gasteiger partial charge in [0.05, 0.1) is 6.04 Å². The number of benzene rings is 14. The average molecular weight is 1210 g/mol. The van der Waals surface area contributed by atoms with E-state index in [0.29, 0.717) is 0 Å². The molecule has 0 heterocycles. The molecule has 4 nitrogen and oxygen atoms in total. The minimum Gasteiger partial charge on any atom is -0.334 e. The van der Waals surface area contributed by atoms with Crippen molar-refractivity contribution in [2.24, 2.45) is 0 Å². The Morgan fingerprint density at radius 2 is 0.351 bits per heavy atom. The maximum atomic E-state index is 2.45. The van der Waals surface area contributed by atoms with Gasteiger partial charge in [-0.1, -0.05) is 261 Å². The molecule has 1 aliphatic rings. The van der Waals surface area contributed by atoms with Crippen LogP contribution in [0.2, 0.25) is 0 Å². The third kappa shape index (κ3) is 12.7. The van der Waals surface area contributed by atoms with Crippen LogP contribution in [-0.4, -0.2) is 6.04 Å². The number of nitrogens with zero attached hydrogens (tertiary/aromatic N) is 4. The Bertz CT molecular complexity index is 4810. The fraction of sp³-hybridized carbons (Fsp3) is 0.0222. The first-order valence-electron chi connectivity index (χ1n) is 32.3. The van der Waals surface area contributed by atoms with E-state index in [1.165, 1.54) is 44.6 Å². The van der Waals surface area contributed by atoms with Crippen molar-refractivity contribution >= 4 is 62.6 Å². The van der Waals surface area contributed by atoms with Gasteiger partial charge < -0.3 is 19.6 Å². The van der Waals surface area contributed by atoms with E-state index in [-0.39, 0.29) is 6.04 Å². The van der Waals surface area contributed by atoms with Crippen molar-refractivity contribution < 1.29 is 0 Å². The van der Waals surface area contributed by atoms with E-state index in [1.807, 2.05) is 0 Å². The van der Waals surface area contributed by atoms with Crippen LogP contribution in [0, 0.1) is 0 Å². The molecule has 1 atom stereocenters. The van der Waals surface area contributed by atoms with Gasteiger partial charge in [-0.15, -0.1) is 0 Å². The second-order valence-corrected chi connectivity index (χ2v) is 23.7. The monoisotopic (exact) mass is 1200 g/mol. The second-order valence-electron chi connectivity index (χ2n) is 23.7. The Labute approximate surface area is 552 Å². The molecule has 0 saturated carbocycles. The van der Waals surface area contributed by atoms with Gasteiger partial charge in [-0.3, -0.25) is 0 Å². The minimum atomic E-state index is 0.219. The van der Waals surface area contributed by atoms with E-state index in [2.05, 4.69) is 414 Å². The highest BCUT2D eigenvalue weighted by molar-refractivity contribution is 5.85. The highest BCUT2D eigenvalue weighted by Gasteiger charge is 2.21. The topological polar surface area (TPSA) is 13.0 Å². The summed E-state index contributed by atoms with van der Waals surface area (Å²) in [6, 6.07) is 134. The number of hydrogen-bond donors (Lipinski definition) is 0. The molecule has 1 unspecified atom stereocenters. The van der Waals surface area contributed by atoms with E-state index >= 15 is 0 Å². The summed E-state index contributed by atoms with van der Waals surface area (Å²) in [5, 5.41) is 0. The maximum Gasteiger partial charge on any atom is 0.0559 e. The zero-order valence-electron chi connectivity index (χ0n) is 52.1. The van der Waals surface area contributed by atoms with Gasteiger partial charge in [-0.2, -0.15) is 0 Å². The summed E-state index contributed by atoms with van der Waals surface area (Å²) in [4.78, 5) is 9.43. The van der Waals surface area contributed by atoms with Crippen molar-refractivity contribution in [3.8, 4) is 66.8 Å². The summed E-state index contributed by atoms with van der Waals surface area (Å²) < 4.78 is 0. The Morgan fingerprint density at radius 3 is 0.564 bits per heavy atom. The van der Waals surface area contributed by atoms with Gasteiger partial charge in [0, 0.05) is 62.6 Å². The van der Waals surface area contributed by atoms with E-state index < -0.39 is 0 Å². The van der Waals surface area contributed by atoms with Crippen LogP contribution in [0.5, 0.6) is 0 Å². The van der Waals surface area contributed by atoms with Gasteiger partial charge in [0.1, 0.15) is 0 Å². The molecule has 0 amide bonds. The van der Waals surface area contributed by atoms with Crippen molar-refractivity contribution in [1.82, 2.24) is 0 Å². The van der Waals surface area contributed by atoms with Crippen molar-refractivity contribution in [3.05, 3.63) is 394 Å². The molecular weight excluding hydrogens is 1140 g/mol. The fourth-order valence-electron chi connectivity index (χ4n) is 12.9. The van der Waals surface area contributed by atoms with E-state index in [9.17, 15) is 0 Å². The lowest BCUT2D eigenvalue weighted by Gasteiger charge is -2.33. The van der Waals surface area contributed by atoms with Crippen molar-refractivity contribution in [2.45, 2.75) is 12.5 Å². The third-order valence-corrected chi connectivity index (χ3v) is 17.8. The summed E-state index contributed by atoms with van der Waals surface area (Å²) >= 11 is 0. The summed E-state index contributed by atoms with van der Waals surface area (Å²) in [5.41, 5.74) is 26.3. The molecule has 448 valence electrons. The molecule has 0 spiro atoms. The molecular formula is C90H68N4. The lowest BCUT2D eigenvalue weighted by molar-refractivity contribution is 0.785. The van der Waals surface area contributed by atoms with Crippen LogP contribution in [0.3, 0.4) is 0 Å². The van der Waals surface area contributed by atoms with E-state index in [4.69, 9.17) is 0 Å². The van der Waals surface area contributed by atoms with Gasteiger partial charge >= 0.3 is 0 Å². The predicted molar refractivity (Wildman–Crippen MR) is 398 cm³/mol. The first-order chi connectivity index (χ1) is 46.6. The van der Waals surface area contributed by atoms with E-state index in [0.717, 1.165) is 91.1 Å². The lowest BCUT2D eigenvalue weighted by atomic mass is 9.99. The van der Waals surface area contributed by atoms with Crippen LogP contribution in [-0.2, 0) is 0 Å². The van der Waals surface area contributed by atoms with Crippen LogP contribution in [0.25, 0.3) is 66.8 Å². The van der Waals surface area contributed by atoms with Crippen LogP contribution >= 0.6 is 0 Å². The molecule has 0 fully saturated rings. The summed E-state index contributed by atoms with van der Waals surface area (Å²) in [5.74, 6) is 0. The molecule has 0 aromatic heterocycles. The summed E-state index contributed by atoms with van der Waals surface area (Å²) in [6.07, 6.45) is 9.81. The van der Waals surface area contributed by atoms with Gasteiger partial charge in [0.15, 0.2) is 0 Å². The molecule has 14 aromatic rings. The predicted octanol–water partition coefficient (Wildman–Crippen LogP) is 25.1. The van der Waals surface area contributed by atoms with Crippen LogP contribution in [0.1, 0.15) is 6.42 Å². The molecule has 0 aliphatic heterocycles. The molecule has 4 heteroatoms. The van der Waals surface area contributed by atoms with E-state index in [1.54, 1.807) is 0 Å². The SMILES string of the molecule is C1=CCC(N(c2ccc(-c3ccccc3)cc2)c2ccc(-c3ccc(N(c4ccccc4)c4ccc(-c5ccc(-c6ccc(N(c7ccccc7)c7ccc(-c8ccc(N(c9ccccc9)c9ccc(-c%10ccccc%10)cc9)cc8)cc7)cc6)cc5)cc4)cc3)cc2)C=C1. The highest BCUT2D eigenvalue weighted by atomic mass is 15.2. The second kappa shape index (κ2) is 27.1. The largest absolute Gasteiger partial charge is 0.334 e. The smallest absolute Gasteiger partial charge is 0.0559 e. The lowest BCUT2D eigenvalue weighted by Crippen LogP contribution is -2.29. The molecule has 0 saturated heterocycles. The Kier molecular flexibility index (Phi) is 16.7. The number of allylic oxidation sites excluding steroid dienone is 2. The van der Waals surface area contributed by atoms with Crippen LogP contribution in [0.4, 0.5) is 62.6 Å². The molecule has 15 rings (SSSR count). The maximum absolute atomic E-state index is 2.45. The normalized spacial score (nSPS) is 12.4. The highest BCUT2D eigenvalue weighted by Crippen LogP contribution is 2.42. The van der Waals surface area contributed by atoms with Crippen LogP contribution in [0.15, 0.2) is 394 Å². The first-order valence-corrected chi connectivity index (χ1v) is 32.3. The number of anilines is 11. The molecule has 94 heavy (non-hydrogen) atoms. The number of hydrogen-bond acceptors (Lipinski definition) is 4. The van der Waals surface area contributed by atoms with Crippen molar-refractivity contribution in [1.29, 1.82) is 0 Å². The number of rotatable bonds is 18. The standard InChI is InChI=1S/C90H68N4/c1-7-19-67(20-8-1)71-35-51-83(52-36-71)91(79-23-11-3-12-24-79)87-59-43-75(44-60-87)77-47-63-89(64-48-77)93(81-27-15-5-16-28-81)85-55-39-73(40-56-85)69-31-33-70(34-32-69)74-41-57-86(58-42-74)94(82-29-17-6-18-30-82)90-65-49-78(50-66-90)76-45-61-88(62-46-76)92(80-25-13-4-14-26-80)84-53-37-72(38-54-84)68-21-9-2-10-22-68/h1-25,27-66,80H,26H2. The third-order valence-electron chi connectivity index (χ3n) is 17.8. The van der Waals surface area contributed by atoms with Gasteiger partial charge in [0.2, 0.25) is 0 Å². The van der Waals surface area contributed by atoms with Crippen molar-refractivity contribution in [3.63, 3.8) is 0 Å². The molecule has 0 N–H and O–H groups in total. The Hall–Kier alpha value is -12.2. The average Bonchev–Trinajstić information content (AvgIpc) is 1.20. The minimum absolute atomic E-state index is 0.219. The molecule has 0 radical (unpaired) electrons. The zero-order valence-corrected chi connectivity index (χ0v) is 52.1. The summed E-state index contributed by atoms with van der Waals surface area (Å²) in [6.45, 7) is 0. The molecule has 1 aliphatic carbocycles. The van der Waals surface area contributed by atoms with Gasteiger partial charge in [-0.25, -0.2) is 0 Å². The Morgan fingerprint density at radius 1 is 0.170 bits per heavy atom. The first kappa shape index (κ1) is 58.2. The quantitative estimate of drug-likeness (QED) is 0.0849. The number of para-hydroxylation sites is 3.